The summed E-state index contributed by atoms with van der Waals surface area (Å²) in [4.78, 5) is 2.28. The van der Waals surface area contributed by atoms with Crippen LogP contribution in [0.25, 0.3) is 0 Å². The van der Waals surface area contributed by atoms with Gasteiger partial charge < -0.3 is 10.2 Å². The summed E-state index contributed by atoms with van der Waals surface area (Å²) < 4.78 is 38.7. The van der Waals surface area contributed by atoms with Crippen LogP contribution < -0.4 is 5.32 Å². The maximum atomic E-state index is 12.9. The van der Waals surface area contributed by atoms with Crippen LogP contribution >= 0.6 is 0 Å². The van der Waals surface area contributed by atoms with E-state index < -0.39 is 12.1 Å². The highest BCUT2D eigenvalue weighted by molar-refractivity contribution is 4.85. The Hall–Kier alpha value is -0.290. The zero-order valence-corrected chi connectivity index (χ0v) is 12.1. The minimum Gasteiger partial charge on any atom is -0.312 e. The van der Waals surface area contributed by atoms with Crippen molar-refractivity contribution in [1.29, 1.82) is 0 Å². The van der Waals surface area contributed by atoms with Gasteiger partial charge in [-0.15, -0.1) is 0 Å². The molecule has 19 heavy (non-hydrogen) atoms. The van der Waals surface area contributed by atoms with Crippen molar-refractivity contribution >= 4 is 0 Å². The van der Waals surface area contributed by atoms with Gasteiger partial charge in [0.15, 0.2) is 0 Å². The number of hydrogen-bond acceptors (Lipinski definition) is 2. The van der Waals surface area contributed by atoms with Crippen LogP contribution in [-0.4, -0.2) is 43.3 Å². The van der Waals surface area contributed by atoms with Crippen LogP contribution in [0, 0.1) is 5.92 Å². The summed E-state index contributed by atoms with van der Waals surface area (Å²) in [5.41, 5.74) is 0. The molecule has 0 amide bonds. The fraction of sp³-hybridized carbons (Fsp3) is 1.00. The molecule has 0 aromatic heterocycles. The molecule has 1 aliphatic rings. The normalized spacial score (nSPS) is 24.9. The van der Waals surface area contributed by atoms with E-state index in [1.165, 1.54) is 0 Å². The molecule has 1 aliphatic carbocycles. The Morgan fingerprint density at radius 3 is 2.37 bits per heavy atom. The molecule has 0 saturated heterocycles. The van der Waals surface area contributed by atoms with Crippen LogP contribution in [0.1, 0.15) is 46.0 Å². The van der Waals surface area contributed by atoms with Crippen LogP contribution in [0.15, 0.2) is 0 Å². The first-order valence-corrected chi connectivity index (χ1v) is 7.51. The standard InChI is InChI=1S/C14H27F3N2/c1-3-10-19(4-2)11-9-18-13-8-6-5-7-12(13)14(15,16)17/h12-13,18H,3-11H2,1-2H3. The molecule has 114 valence electrons. The maximum absolute atomic E-state index is 12.9. The van der Waals surface area contributed by atoms with E-state index in [2.05, 4.69) is 24.1 Å². The van der Waals surface area contributed by atoms with Crippen LogP contribution in [0.4, 0.5) is 13.2 Å². The monoisotopic (exact) mass is 280 g/mol. The fourth-order valence-electron chi connectivity index (χ4n) is 2.92. The Balaban J connectivity index is 2.37. The molecule has 5 heteroatoms. The summed E-state index contributed by atoms with van der Waals surface area (Å²) in [5.74, 6) is -1.15. The van der Waals surface area contributed by atoms with Crippen molar-refractivity contribution in [2.45, 2.75) is 58.2 Å². The molecule has 0 aliphatic heterocycles. The van der Waals surface area contributed by atoms with Crippen molar-refractivity contribution in [3.8, 4) is 0 Å². The third kappa shape index (κ3) is 5.69. The lowest BCUT2D eigenvalue weighted by Crippen LogP contribution is -2.47. The highest BCUT2D eigenvalue weighted by Crippen LogP contribution is 2.37. The van der Waals surface area contributed by atoms with E-state index in [0.29, 0.717) is 19.4 Å². The first kappa shape index (κ1) is 16.8. The average Bonchev–Trinajstić information content (AvgIpc) is 2.37. The lowest BCUT2D eigenvalue weighted by molar-refractivity contribution is -0.188. The van der Waals surface area contributed by atoms with Crippen molar-refractivity contribution < 1.29 is 13.2 Å². The van der Waals surface area contributed by atoms with Gasteiger partial charge in [-0.2, -0.15) is 13.2 Å². The van der Waals surface area contributed by atoms with E-state index in [0.717, 1.165) is 32.5 Å². The highest BCUT2D eigenvalue weighted by atomic mass is 19.4. The molecule has 2 atom stereocenters. The molecule has 0 radical (unpaired) electrons. The predicted octanol–water partition coefficient (Wildman–Crippen LogP) is 3.43. The summed E-state index contributed by atoms with van der Waals surface area (Å²) >= 11 is 0. The first-order valence-electron chi connectivity index (χ1n) is 7.51. The van der Waals surface area contributed by atoms with E-state index in [1.807, 2.05) is 0 Å². The van der Waals surface area contributed by atoms with Gasteiger partial charge in [0.05, 0.1) is 5.92 Å². The number of nitrogens with zero attached hydrogens (tertiary/aromatic N) is 1. The second-order valence-corrected chi connectivity index (χ2v) is 5.43. The molecule has 1 N–H and O–H groups in total. The molecule has 0 aromatic carbocycles. The van der Waals surface area contributed by atoms with Crippen LogP contribution in [0.2, 0.25) is 0 Å². The van der Waals surface area contributed by atoms with Crippen molar-refractivity contribution in [2.24, 2.45) is 5.92 Å². The van der Waals surface area contributed by atoms with E-state index >= 15 is 0 Å². The molecular weight excluding hydrogens is 253 g/mol. The Labute approximate surface area is 114 Å². The summed E-state index contributed by atoms with van der Waals surface area (Å²) in [6.45, 7) is 7.69. The zero-order valence-electron chi connectivity index (χ0n) is 12.1. The smallest absolute Gasteiger partial charge is 0.312 e. The number of halogens is 3. The topological polar surface area (TPSA) is 15.3 Å². The highest BCUT2D eigenvalue weighted by Gasteiger charge is 2.45. The lowest BCUT2D eigenvalue weighted by atomic mass is 9.84. The molecule has 0 spiro atoms. The molecule has 1 fully saturated rings. The van der Waals surface area contributed by atoms with Gasteiger partial charge in [-0.25, -0.2) is 0 Å². The van der Waals surface area contributed by atoms with Gasteiger partial charge in [0.2, 0.25) is 0 Å². The fourth-order valence-corrected chi connectivity index (χ4v) is 2.92. The molecule has 2 nitrogen and oxygen atoms in total. The maximum Gasteiger partial charge on any atom is 0.393 e. The van der Waals surface area contributed by atoms with Crippen LogP contribution in [0.5, 0.6) is 0 Å². The van der Waals surface area contributed by atoms with Gasteiger partial charge in [-0.1, -0.05) is 26.7 Å². The van der Waals surface area contributed by atoms with E-state index in [1.54, 1.807) is 0 Å². The minimum atomic E-state index is -4.05. The Kier molecular flexibility index (Phi) is 7.15. The van der Waals surface area contributed by atoms with Crippen molar-refractivity contribution in [1.82, 2.24) is 10.2 Å². The number of nitrogens with one attached hydrogen (secondary N) is 1. The molecular formula is C14H27F3N2. The number of hydrogen-bond donors (Lipinski definition) is 1. The van der Waals surface area contributed by atoms with Crippen molar-refractivity contribution in [3.63, 3.8) is 0 Å². The number of rotatable bonds is 7. The van der Waals surface area contributed by atoms with Gasteiger partial charge in [-0.05, 0) is 32.4 Å². The first-order chi connectivity index (χ1) is 8.99. The van der Waals surface area contributed by atoms with E-state index in [4.69, 9.17) is 0 Å². The van der Waals surface area contributed by atoms with Gasteiger partial charge in [0, 0.05) is 19.1 Å². The van der Waals surface area contributed by atoms with Crippen LogP contribution in [0.3, 0.4) is 0 Å². The molecule has 0 aromatic rings. The largest absolute Gasteiger partial charge is 0.393 e. The van der Waals surface area contributed by atoms with E-state index in [-0.39, 0.29) is 12.5 Å². The zero-order chi connectivity index (χ0) is 14.3. The lowest BCUT2D eigenvalue weighted by Gasteiger charge is -2.34. The number of likely N-dealkylation sites (N-methyl/N-ethyl adjacent to an activating group) is 1. The molecule has 2 unspecified atom stereocenters. The summed E-state index contributed by atoms with van der Waals surface area (Å²) in [5, 5.41) is 3.14. The quantitative estimate of drug-likeness (QED) is 0.768. The number of alkyl halides is 3. The van der Waals surface area contributed by atoms with Gasteiger partial charge >= 0.3 is 6.18 Å². The van der Waals surface area contributed by atoms with Gasteiger partial charge in [0.1, 0.15) is 0 Å². The average molecular weight is 280 g/mol. The minimum absolute atomic E-state index is 0.285. The predicted molar refractivity (Wildman–Crippen MR) is 72.2 cm³/mol. The summed E-state index contributed by atoms with van der Waals surface area (Å²) in [7, 11) is 0. The Bertz CT molecular complexity index is 243. The summed E-state index contributed by atoms with van der Waals surface area (Å²) in [6, 6.07) is -0.380. The Morgan fingerprint density at radius 1 is 1.11 bits per heavy atom. The van der Waals surface area contributed by atoms with Crippen molar-refractivity contribution in [2.75, 3.05) is 26.2 Å². The molecule has 0 bridgehead atoms. The third-order valence-electron chi connectivity index (χ3n) is 4.01. The second-order valence-electron chi connectivity index (χ2n) is 5.43. The Morgan fingerprint density at radius 2 is 1.79 bits per heavy atom. The molecule has 1 rings (SSSR count). The third-order valence-corrected chi connectivity index (χ3v) is 4.01. The SMILES string of the molecule is CCCN(CC)CCNC1CCCCC1C(F)(F)F. The van der Waals surface area contributed by atoms with E-state index in [9.17, 15) is 13.2 Å². The van der Waals surface area contributed by atoms with Crippen molar-refractivity contribution in [3.05, 3.63) is 0 Å². The second kappa shape index (κ2) is 8.10. The summed E-state index contributed by atoms with van der Waals surface area (Å²) in [6.07, 6.45) is -0.401. The van der Waals surface area contributed by atoms with Crippen LogP contribution in [-0.2, 0) is 0 Å². The van der Waals surface area contributed by atoms with Gasteiger partial charge in [0.25, 0.3) is 0 Å². The molecule has 0 heterocycles. The van der Waals surface area contributed by atoms with Gasteiger partial charge in [-0.3, -0.25) is 0 Å². The molecule has 1 saturated carbocycles.